The van der Waals surface area contributed by atoms with E-state index in [1.54, 1.807) is 0 Å². The van der Waals surface area contributed by atoms with Gasteiger partial charge in [0.05, 0.1) is 0 Å². The van der Waals surface area contributed by atoms with E-state index in [1.165, 1.54) is 266 Å². The maximum Gasteiger partial charge on any atom is -0.00502 e. The monoisotopic (exact) mass is 1170 g/mol. The molecule has 65 rings (SSSR count). The van der Waals surface area contributed by atoms with E-state index in [-0.39, 0.29) is 0 Å². The van der Waals surface area contributed by atoms with E-state index < -0.39 is 0 Å². The van der Waals surface area contributed by atoms with Crippen LogP contribution in [0, 0.1) is 494 Å². The van der Waals surface area contributed by atoms with Gasteiger partial charge in [0.15, 0.2) is 0 Å². The molecule has 0 heterocycles. The highest BCUT2D eigenvalue weighted by molar-refractivity contribution is 6.10. The van der Waals surface area contributed by atoms with Crippen LogP contribution < -0.4 is 0 Å². The van der Waals surface area contributed by atoms with Crippen molar-refractivity contribution in [1.29, 1.82) is 0 Å². The summed E-state index contributed by atoms with van der Waals surface area (Å²) < 4.78 is 0. The highest BCUT2D eigenvalue weighted by Gasteiger charge is 3.65. The van der Waals surface area contributed by atoms with E-state index in [4.69, 9.17) is 0 Å². The van der Waals surface area contributed by atoms with Crippen LogP contribution in [0.5, 0.6) is 0 Å². The Morgan fingerprint density at radius 3 is 0.581 bits per heavy atom. The molecule has 0 radical (unpaired) electrons. The molecule has 0 heteroatoms. The molecule has 0 amide bonds. The Labute approximate surface area is 529 Å². The van der Waals surface area contributed by atoms with Gasteiger partial charge in [0.1, 0.15) is 0 Å². The standard InChI is InChI=1S/C93H58/c1-7-17-23-30-37-43-47-44-39-33-26-20-14-4-10-11-5-15-21-27-34-40-45-48-50-51-49-46-41-35-29-36-42-38-32-25-19-13-3-9-8-2-12-18-24-31-28-22-16-6-52-57(7)64(17)72(23)80(30)85(37)89(43)91(47)87(44)83(39)78(33)70(26)62(20)55(10,14)56(11,15)63(21,62)71(27,70)79(34,78)84(40,83)88(45,87)92(48,91)93(50,89)90(51,85)86(49,80)81(46,72)74(41,64)66(35,57)59(29,52)67(36)58(16,52)65(22)73(28)76(31)68(24)60(18)53(8,12)54(9,13)61(19,60)69(25,68)77(32,76)82(38,73)75(42,65)67/h7-51H,2-6H2,1H3/t7-,8?,9?,10?,11?,12?,13?,14+,15-,16+,17-,18-,19+,20+,21-,22+,23-,24-,25+,26+,27-,28+,29-,30-,31-,32+,33+,34-,35+,36-,37-,38+,39+,40-,41+,42-,43-,44+,45-,46+,47-,48-,49+,50-,51+,52?,53?,54?,55?,56?,57?,58?,59?,60?,61?,62?,63?,64?,65?,66?,67?,68?,69?,70?,71?,72?,73?,74?,75?,76?,77?,78?,79?,80?,81?,82?,83?,84?,85?,86?,87?,88?,89?,90?,91?,92?,93?/m1/s1. The molecule has 42 spiro atoms. The minimum atomic E-state index is 1.02. The van der Waals surface area contributed by atoms with Crippen molar-refractivity contribution in [3.05, 3.63) is 0 Å². The second kappa shape index (κ2) is 4.96. The lowest BCUT2D eigenvalue weighted by atomic mass is 8.42. The molecule has 65 aliphatic carbocycles. The fraction of sp³-hybridized carbons (Fsp3) is 1.00. The fourth-order valence-electron chi connectivity index (χ4n) is 102. The molecule has 0 aromatic rings. The third-order valence-corrected chi connectivity index (χ3v) is 80.4. The third-order valence-electron chi connectivity index (χ3n) is 80.4. The van der Waals surface area contributed by atoms with Gasteiger partial charge in [-0.1, -0.05) is 6.92 Å². The normalized spacial score (nSPS) is 140. The zero-order valence-electron chi connectivity index (χ0n) is 51.5. The van der Waals surface area contributed by atoms with E-state index in [2.05, 4.69) is 6.92 Å². The first-order valence-electron chi connectivity index (χ1n) is 46.2. The lowest BCUT2D eigenvalue weighted by Gasteiger charge is -3.60. The summed E-state index contributed by atoms with van der Waals surface area (Å²) in [6.07, 6.45) is 9.36. The highest BCUT2D eigenvalue weighted by atomic mass is 15.7. The lowest BCUT2D eigenvalue weighted by molar-refractivity contribution is -1.15. The predicted molar refractivity (Wildman–Crippen MR) is 288 cm³/mol. The zero-order valence-corrected chi connectivity index (χ0v) is 51.5. The van der Waals surface area contributed by atoms with Gasteiger partial charge >= 0.3 is 0 Å². The third kappa shape index (κ3) is 0.745. The second-order valence-electron chi connectivity index (χ2n) is 60.1. The molecule has 65 fully saturated rings. The number of hydrogen-bond acceptors (Lipinski definition) is 0. The molecule has 65 saturated carbocycles. The summed E-state index contributed by atoms with van der Waals surface area (Å²) in [7, 11) is 0. The first-order valence-corrected chi connectivity index (χ1v) is 46.2. The molecule has 0 saturated heterocycles. The van der Waals surface area contributed by atoms with E-state index in [9.17, 15) is 0 Å². The van der Waals surface area contributed by atoms with Crippen LogP contribution in [0.4, 0.5) is 0 Å². The molecule has 0 aromatic carbocycles. The van der Waals surface area contributed by atoms with Crippen LogP contribution in [0.1, 0.15) is 39.0 Å². The Morgan fingerprint density at radius 2 is 0.312 bits per heavy atom. The Kier molecular flexibility index (Phi) is 1.70. The summed E-state index contributed by atoms with van der Waals surface area (Å²) in [5.74, 6) is 63.1. The summed E-state index contributed by atoms with van der Waals surface area (Å²) in [6.45, 7) is 3.34. The quantitative estimate of drug-likeness (QED) is 0.231. The molecule has 430 valence electrons. The molecular weight excluding hydrogens is 1120 g/mol. The molecule has 0 aliphatic heterocycles. The fourth-order valence-corrected chi connectivity index (χ4v) is 102. The van der Waals surface area contributed by atoms with Crippen molar-refractivity contribution in [3.8, 4) is 0 Å². The van der Waals surface area contributed by atoms with E-state index in [0.717, 1.165) is 227 Å². The zero-order chi connectivity index (χ0) is 51.5. The Hall–Kier alpha value is 0. The largest absolute Gasteiger partial charge is 0.0616 e. The second-order valence-corrected chi connectivity index (χ2v) is 60.1. The molecule has 0 nitrogen and oxygen atoms in total. The highest BCUT2D eigenvalue weighted by Crippen LogP contribution is 3.66. The molecule has 48 unspecified atom stereocenters. The summed E-state index contributed by atoms with van der Waals surface area (Å²) >= 11 is 0. The van der Waals surface area contributed by atoms with E-state index in [1.807, 2.05) is 32.1 Å². The van der Waals surface area contributed by atoms with Crippen LogP contribution in [-0.2, 0) is 0 Å². The average molecular weight is 1180 g/mol. The van der Waals surface area contributed by atoms with Gasteiger partial charge in [-0.2, -0.15) is 0 Å². The van der Waals surface area contributed by atoms with Crippen molar-refractivity contribution in [2.45, 2.75) is 39.0 Å². The van der Waals surface area contributed by atoms with Crippen LogP contribution in [-0.4, -0.2) is 0 Å². The van der Waals surface area contributed by atoms with Crippen molar-refractivity contribution in [3.63, 3.8) is 0 Å². The van der Waals surface area contributed by atoms with Crippen molar-refractivity contribution >= 4 is 0 Å². The summed E-state index contributed by atoms with van der Waals surface area (Å²) in [5, 5.41) is 0. The Balaban J connectivity index is 0.470. The summed E-state index contributed by atoms with van der Waals surface area (Å²) in [5.41, 5.74) is 46.2. The van der Waals surface area contributed by atoms with Crippen LogP contribution >= 0.6 is 0 Å². The van der Waals surface area contributed by atoms with Gasteiger partial charge in [0.2, 0.25) is 0 Å². The summed E-state index contributed by atoms with van der Waals surface area (Å²) in [4.78, 5) is 0. The molecule has 93 heavy (non-hydrogen) atoms. The minimum absolute atomic E-state index is 1.02. The smallest absolute Gasteiger partial charge is 0.00502 e. The molecular formula is C93H58. The summed E-state index contributed by atoms with van der Waals surface area (Å²) in [6, 6.07) is 0. The van der Waals surface area contributed by atoms with Gasteiger partial charge in [0, 0.05) is 0 Å². The van der Waals surface area contributed by atoms with Crippen molar-refractivity contribution in [1.82, 2.24) is 0 Å². The van der Waals surface area contributed by atoms with Crippen molar-refractivity contribution in [2.75, 3.05) is 0 Å². The maximum absolute atomic E-state index is 3.34. The van der Waals surface area contributed by atoms with Crippen molar-refractivity contribution < 1.29 is 0 Å². The van der Waals surface area contributed by atoms with Gasteiger partial charge < -0.3 is 0 Å². The first-order chi connectivity index (χ1) is 46.2. The Morgan fingerprint density at radius 1 is 0.140 bits per heavy atom. The van der Waals surface area contributed by atoms with Gasteiger partial charge in [-0.25, -0.2) is 0 Å². The molecule has 0 bridgehead atoms. The number of fused-ring (bicyclic) bond motifs is 39. The molecule has 87 atom stereocenters. The van der Waals surface area contributed by atoms with Crippen molar-refractivity contribution in [2.24, 2.45) is 494 Å². The minimum Gasteiger partial charge on any atom is -0.0616 e. The molecule has 0 aromatic heterocycles. The van der Waals surface area contributed by atoms with Gasteiger partial charge in [-0.15, -0.1) is 0 Å². The van der Waals surface area contributed by atoms with Gasteiger partial charge in [-0.3, -0.25) is 0 Å². The SMILES string of the molecule is C[C@@H]1[C@@H]2[C@@H]3[C@@H]4[C@@H]5[C@@H]6[C@@H]7[C@@H]8[C@@H]9[C@@H]%10[C@@H]%11[C@@H]%12[C@@H]%13CC%14C%15C[C@@H]%16[C@@H]%17[C@@H]%18[C@@H]%19[C@@H]%20[C@@H]%21[C@@H]%22[C@@H]%23[C@@H]%24[C@@H]%25[C@@H]%26[C@@H]%27[C@@H]%28[C@@H]%29[C@@H]%30[C@@H]%31[C@@H]%32[C@@H]%33[C@@H]%34[C@@H]%35C%36CC%37C%38CC%39[C@@H]%40[C@@H]%41[C@@H]%42[C@@H]%43[C@@H]%44[C@@H]%45CC%46%47C%29(C%30%29C%45%46C%44%30C%31%29C%32%29C%33%31C%34%32C%35%33C%37%36C%38%39C%40%33C%41%32C%42%31C%43%30%29)C%28%29C1%47C21C%27%29C%262C31C41C%252C%242C51C61C73C84C95C%106C%117C%128C%14%13C%15%16C%178C%187C%196C%205C%214C%223C%2321. The number of rotatable bonds is 0. The molecule has 65 aliphatic rings. The Bertz CT molecular complexity index is 6750. The van der Waals surface area contributed by atoms with E-state index in [0.29, 0.717) is 0 Å². The first kappa shape index (κ1) is 31.9. The van der Waals surface area contributed by atoms with Crippen LogP contribution in [0.25, 0.3) is 0 Å². The van der Waals surface area contributed by atoms with Gasteiger partial charge in [0.25, 0.3) is 0 Å². The average Bonchev–Trinajstić information content (AvgIpc) is 0.440. The van der Waals surface area contributed by atoms with E-state index >= 15 is 0 Å². The van der Waals surface area contributed by atoms with Crippen LogP contribution in [0.2, 0.25) is 0 Å². The predicted octanol–water partition coefficient (Wildman–Crippen LogP) is 8.00. The topological polar surface area (TPSA) is 0 Å². The van der Waals surface area contributed by atoms with Gasteiger partial charge in [-0.05, 0) is 526 Å². The van der Waals surface area contributed by atoms with Crippen LogP contribution in [0.3, 0.4) is 0 Å². The molecule has 0 N–H and O–H groups in total. The number of hydrogen-bond donors (Lipinski definition) is 0. The van der Waals surface area contributed by atoms with Crippen LogP contribution in [0.15, 0.2) is 0 Å². The maximum atomic E-state index is 3.34. The lowest BCUT2D eigenvalue weighted by Crippen LogP contribution is -3.59.